The van der Waals surface area contributed by atoms with Crippen molar-refractivity contribution >= 4 is 29.5 Å². The second kappa shape index (κ2) is 9.41. The summed E-state index contributed by atoms with van der Waals surface area (Å²) < 4.78 is 34.3. The minimum absolute atomic E-state index is 0.0102. The molecule has 0 atom stereocenters. The van der Waals surface area contributed by atoms with E-state index in [-0.39, 0.29) is 35.7 Å². The predicted octanol–water partition coefficient (Wildman–Crippen LogP) is 2.92. The van der Waals surface area contributed by atoms with Gasteiger partial charge in [0.1, 0.15) is 5.75 Å². The molecule has 0 unspecified atom stereocenters. The SMILES string of the molecule is Nc1nc(N)nc(COC(=O)C(=Cc2ccc(OC(F)F)cc2)c2ccccc2)n1. The van der Waals surface area contributed by atoms with Crippen LogP contribution >= 0.6 is 0 Å². The summed E-state index contributed by atoms with van der Waals surface area (Å²) in [7, 11) is 0. The molecule has 0 saturated heterocycles. The maximum atomic E-state index is 12.8. The number of hydrogen-bond donors (Lipinski definition) is 2. The van der Waals surface area contributed by atoms with E-state index in [0.717, 1.165) is 0 Å². The number of hydrogen-bond acceptors (Lipinski definition) is 8. The summed E-state index contributed by atoms with van der Waals surface area (Å²) in [5, 5.41) is 0. The summed E-state index contributed by atoms with van der Waals surface area (Å²) in [6.07, 6.45) is 1.57. The van der Waals surface area contributed by atoms with E-state index in [9.17, 15) is 13.6 Å². The smallest absolute Gasteiger partial charge is 0.387 e. The molecule has 0 aliphatic heterocycles. The van der Waals surface area contributed by atoms with Crippen LogP contribution in [0.1, 0.15) is 17.0 Å². The van der Waals surface area contributed by atoms with Gasteiger partial charge in [-0.1, -0.05) is 42.5 Å². The predicted molar refractivity (Wildman–Crippen MR) is 106 cm³/mol. The van der Waals surface area contributed by atoms with Gasteiger partial charge in [-0.2, -0.15) is 23.7 Å². The van der Waals surface area contributed by atoms with Crippen LogP contribution in [-0.4, -0.2) is 27.5 Å². The number of esters is 1. The highest BCUT2D eigenvalue weighted by molar-refractivity contribution is 6.21. The largest absolute Gasteiger partial charge is 0.454 e. The maximum absolute atomic E-state index is 12.8. The van der Waals surface area contributed by atoms with Gasteiger partial charge < -0.3 is 20.9 Å². The number of aromatic nitrogens is 3. The molecule has 0 saturated carbocycles. The first kappa shape index (κ1) is 20.6. The van der Waals surface area contributed by atoms with Crippen molar-refractivity contribution in [1.82, 2.24) is 15.0 Å². The van der Waals surface area contributed by atoms with E-state index < -0.39 is 12.6 Å². The number of alkyl halides is 2. The minimum atomic E-state index is -2.92. The van der Waals surface area contributed by atoms with Crippen molar-refractivity contribution < 1.29 is 23.0 Å². The van der Waals surface area contributed by atoms with Gasteiger partial charge in [0.2, 0.25) is 11.9 Å². The van der Waals surface area contributed by atoms with Crippen molar-refractivity contribution in [2.45, 2.75) is 13.2 Å². The van der Waals surface area contributed by atoms with Crippen LogP contribution in [0, 0.1) is 0 Å². The Morgan fingerprint density at radius 2 is 1.60 bits per heavy atom. The van der Waals surface area contributed by atoms with Crippen molar-refractivity contribution in [2.75, 3.05) is 11.5 Å². The molecule has 3 aromatic rings. The Morgan fingerprint density at radius 3 is 2.20 bits per heavy atom. The molecule has 1 heterocycles. The fourth-order valence-corrected chi connectivity index (χ4v) is 2.52. The van der Waals surface area contributed by atoms with Crippen molar-refractivity contribution in [1.29, 1.82) is 0 Å². The highest BCUT2D eigenvalue weighted by Gasteiger charge is 2.15. The average molecular weight is 413 g/mol. The molecule has 2 aromatic carbocycles. The first-order valence-corrected chi connectivity index (χ1v) is 8.66. The Balaban J connectivity index is 1.83. The zero-order valence-electron chi connectivity index (χ0n) is 15.5. The lowest BCUT2D eigenvalue weighted by molar-refractivity contribution is -0.138. The zero-order chi connectivity index (χ0) is 21.5. The van der Waals surface area contributed by atoms with Gasteiger partial charge in [-0.05, 0) is 29.3 Å². The van der Waals surface area contributed by atoms with Crippen LogP contribution in [0.5, 0.6) is 5.75 Å². The summed E-state index contributed by atoms with van der Waals surface area (Å²) in [5.41, 5.74) is 12.4. The molecule has 0 spiro atoms. The van der Waals surface area contributed by atoms with Crippen LogP contribution in [0.2, 0.25) is 0 Å². The summed E-state index contributed by atoms with van der Waals surface area (Å²) in [6, 6.07) is 14.7. The number of halogens is 2. The standard InChI is InChI=1S/C20H17F2N5O3/c21-18(22)30-14-8-6-12(7-9-14)10-15(13-4-2-1-3-5-13)17(28)29-11-16-25-19(23)27-20(24)26-16/h1-10,18H,11H2,(H4,23,24,25,26,27). The highest BCUT2D eigenvalue weighted by Crippen LogP contribution is 2.22. The topological polar surface area (TPSA) is 126 Å². The first-order chi connectivity index (χ1) is 14.4. The minimum Gasteiger partial charge on any atom is -0.454 e. The van der Waals surface area contributed by atoms with Crippen molar-refractivity contribution in [3.63, 3.8) is 0 Å². The number of ether oxygens (including phenoxy) is 2. The number of nitrogen functional groups attached to an aromatic ring is 2. The normalized spacial score (nSPS) is 11.4. The van der Waals surface area contributed by atoms with Crippen LogP contribution in [0.25, 0.3) is 11.6 Å². The number of rotatable bonds is 7. The number of nitrogens with zero attached hydrogens (tertiary/aromatic N) is 3. The van der Waals surface area contributed by atoms with E-state index in [1.807, 2.05) is 0 Å². The molecule has 0 bridgehead atoms. The van der Waals surface area contributed by atoms with Crippen molar-refractivity contribution in [2.24, 2.45) is 0 Å². The third kappa shape index (κ3) is 5.71. The van der Waals surface area contributed by atoms with Gasteiger partial charge in [-0.3, -0.25) is 0 Å². The zero-order valence-corrected chi connectivity index (χ0v) is 15.5. The van der Waals surface area contributed by atoms with Gasteiger partial charge in [-0.15, -0.1) is 0 Å². The molecule has 10 heteroatoms. The Morgan fingerprint density at radius 1 is 0.967 bits per heavy atom. The summed E-state index contributed by atoms with van der Waals surface area (Å²) in [5.74, 6) is -0.700. The Hall–Kier alpha value is -4.08. The molecule has 0 radical (unpaired) electrons. The van der Waals surface area contributed by atoms with Gasteiger partial charge in [0.05, 0.1) is 5.57 Å². The lowest BCUT2D eigenvalue weighted by atomic mass is 10.0. The molecule has 8 nitrogen and oxygen atoms in total. The molecule has 0 amide bonds. The number of carbonyl (C=O) groups excluding carboxylic acids is 1. The molecule has 30 heavy (non-hydrogen) atoms. The second-order valence-electron chi connectivity index (χ2n) is 5.92. The number of carbonyl (C=O) groups is 1. The lowest BCUT2D eigenvalue weighted by Crippen LogP contribution is -2.12. The fourth-order valence-electron chi connectivity index (χ4n) is 2.52. The summed E-state index contributed by atoms with van der Waals surface area (Å²) in [4.78, 5) is 24.1. The Labute approximate surface area is 170 Å². The second-order valence-corrected chi connectivity index (χ2v) is 5.92. The van der Waals surface area contributed by atoms with Crippen LogP contribution in [0.4, 0.5) is 20.7 Å². The van der Waals surface area contributed by atoms with Crippen LogP contribution in [-0.2, 0) is 16.1 Å². The van der Waals surface area contributed by atoms with Crippen molar-refractivity contribution in [3.05, 3.63) is 71.5 Å². The van der Waals surface area contributed by atoms with Gasteiger partial charge in [0.15, 0.2) is 12.4 Å². The van der Waals surface area contributed by atoms with Crippen molar-refractivity contribution in [3.8, 4) is 5.75 Å². The van der Waals surface area contributed by atoms with Gasteiger partial charge in [-0.25, -0.2) is 4.79 Å². The molecule has 0 aliphatic rings. The van der Waals surface area contributed by atoms with E-state index in [4.69, 9.17) is 16.2 Å². The average Bonchev–Trinajstić information content (AvgIpc) is 2.71. The molecule has 0 aliphatic carbocycles. The molecular weight excluding hydrogens is 396 g/mol. The third-order valence-corrected chi connectivity index (χ3v) is 3.77. The van der Waals surface area contributed by atoms with Gasteiger partial charge in [0, 0.05) is 0 Å². The van der Waals surface area contributed by atoms with E-state index in [0.29, 0.717) is 11.1 Å². The van der Waals surface area contributed by atoms with Crippen LogP contribution in [0.3, 0.4) is 0 Å². The summed E-state index contributed by atoms with van der Waals surface area (Å²) in [6.45, 7) is -3.18. The molecule has 0 fully saturated rings. The Kier molecular flexibility index (Phi) is 6.48. The molecule has 3 rings (SSSR count). The van der Waals surface area contributed by atoms with E-state index >= 15 is 0 Å². The van der Waals surface area contributed by atoms with E-state index in [1.165, 1.54) is 12.1 Å². The summed E-state index contributed by atoms with van der Waals surface area (Å²) >= 11 is 0. The lowest BCUT2D eigenvalue weighted by Gasteiger charge is -2.09. The van der Waals surface area contributed by atoms with E-state index in [2.05, 4.69) is 19.7 Å². The van der Waals surface area contributed by atoms with Gasteiger partial charge in [0.25, 0.3) is 0 Å². The number of nitrogens with two attached hydrogens (primary N) is 2. The quantitative estimate of drug-likeness (QED) is 0.344. The monoisotopic (exact) mass is 413 g/mol. The molecule has 1 aromatic heterocycles. The fraction of sp³-hybridized carbons (Fsp3) is 0.100. The first-order valence-electron chi connectivity index (χ1n) is 8.66. The van der Waals surface area contributed by atoms with Crippen LogP contribution < -0.4 is 16.2 Å². The van der Waals surface area contributed by atoms with Gasteiger partial charge >= 0.3 is 12.6 Å². The Bertz CT molecular complexity index is 1020. The van der Waals surface area contributed by atoms with Crippen LogP contribution in [0.15, 0.2) is 54.6 Å². The van der Waals surface area contributed by atoms with E-state index in [1.54, 1.807) is 48.5 Å². The number of anilines is 2. The maximum Gasteiger partial charge on any atom is 0.387 e. The third-order valence-electron chi connectivity index (χ3n) is 3.77. The highest BCUT2D eigenvalue weighted by atomic mass is 19.3. The molecular formula is C20H17F2N5O3. The molecule has 4 N–H and O–H groups in total. The number of benzene rings is 2. The molecule has 154 valence electrons.